The highest BCUT2D eigenvalue weighted by Gasteiger charge is 2.13. The molecule has 1 aromatic heterocycles. The maximum Gasteiger partial charge on any atom is 0.358 e. The molecule has 7 nitrogen and oxygen atoms in total. The number of nitrogens with two attached hydrogens (primary N) is 1. The SMILES string of the molecule is Nc1cn(CCC(=O)O)nc1C(=O)O. The number of hydrogen-bond donors (Lipinski definition) is 3. The van der Waals surface area contributed by atoms with Crippen LogP contribution in [0.15, 0.2) is 6.20 Å². The first-order chi connectivity index (χ1) is 6.50. The summed E-state index contributed by atoms with van der Waals surface area (Å²) in [6.45, 7) is 0.104. The number of hydrogen-bond acceptors (Lipinski definition) is 4. The van der Waals surface area contributed by atoms with E-state index in [-0.39, 0.29) is 24.3 Å². The van der Waals surface area contributed by atoms with Crippen molar-refractivity contribution >= 4 is 17.6 Å². The van der Waals surface area contributed by atoms with Crippen molar-refractivity contribution in [2.75, 3.05) is 5.73 Å². The molecule has 0 unspecified atom stereocenters. The third-order valence-corrected chi connectivity index (χ3v) is 1.55. The minimum Gasteiger partial charge on any atom is -0.481 e. The van der Waals surface area contributed by atoms with E-state index in [1.807, 2.05) is 0 Å². The third-order valence-electron chi connectivity index (χ3n) is 1.55. The van der Waals surface area contributed by atoms with Crippen LogP contribution in [-0.4, -0.2) is 31.9 Å². The Morgan fingerprint density at radius 2 is 2.14 bits per heavy atom. The minimum absolute atomic E-state index is 0.0305. The maximum absolute atomic E-state index is 10.5. The zero-order chi connectivity index (χ0) is 10.7. The van der Waals surface area contributed by atoms with E-state index in [0.717, 1.165) is 0 Å². The van der Waals surface area contributed by atoms with Crippen molar-refractivity contribution in [1.82, 2.24) is 9.78 Å². The van der Waals surface area contributed by atoms with Gasteiger partial charge in [-0.15, -0.1) is 0 Å². The van der Waals surface area contributed by atoms with E-state index in [1.54, 1.807) is 0 Å². The lowest BCUT2D eigenvalue weighted by atomic mass is 10.4. The number of carboxylic acids is 2. The molecule has 0 spiro atoms. The second kappa shape index (κ2) is 3.77. The molecule has 4 N–H and O–H groups in total. The first-order valence-corrected chi connectivity index (χ1v) is 3.78. The molecule has 0 amide bonds. The summed E-state index contributed by atoms with van der Waals surface area (Å²) in [6, 6.07) is 0. The highest BCUT2D eigenvalue weighted by molar-refractivity contribution is 5.91. The van der Waals surface area contributed by atoms with Crippen molar-refractivity contribution in [3.63, 3.8) is 0 Å². The van der Waals surface area contributed by atoms with Gasteiger partial charge in [0.2, 0.25) is 0 Å². The number of aryl methyl sites for hydroxylation is 1. The van der Waals surface area contributed by atoms with Crippen LogP contribution in [0.1, 0.15) is 16.9 Å². The fraction of sp³-hybridized carbons (Fsp3) is 0.286. The summed E-state index contributed by atoms with van der Waals surface area (Å²) in [7, 11) is 0. The summed E-state index contributed by atoms with van der Waals surface area (Å²) in [6.07, 6.45) is 1.17. The van der Waals surface area contributed by atoms with Gasteiger partial charge < -0.3 is 15.9 Å². The van der Waals surface area contributed by atoms with E-state index >= 15 is 0 Å². The number of carboxylic acid groups (broad SMARTS) is 2. The van der Waals surface area contributed by atoms with Crippen LogP contribution in [0.25, 0.3) is 0 Å². The molecule has 0 aliphatic rings. The predicted octanol–water partition coefficient (Wildman–Crippen LogP) is -0.362. The summed E-state index contributed by atoms with van der Waals surface area (Å²) in [5.41, 5.74) is 5.11. The van der Waals surface area contributed by atoms with Crippen LogP contribution >= 0.6 is 0 Å². The van der Waals surface area contributed by atoms with Crippen molar-refractivity contribution in [1.29, 1.82) is 0 Å². The molecule has 7 heteroatoms. The number of nitrogen functional groups attached to an aromatic ring is 1. The third kappa shape index (κ3) is 2.22. The number of carbonyl (C=O) groups is 2. The van der Waals surface area contributed by atoms with Gasteiger partial charge in [-0.1, -0.05) is 0 Å². The quantitative estimate of drug-likeness (QED) is 0.609. The Kier molecular flexibility index (Phi) is 2.70. The molecule has 0 aliphatic carbocycles. The Bertz CT molecular complexity index is 371. The molecule has 0 aromatic carbocycles. The molecular formula is C7H9N3O4. The first-order valence-electron chi connectivity index (χ1n) is 3.78. The summed E-state index contributed by atoms with van der Waals surface area (Å²) < 4.78 is 1.20. The van der Waals surface area contributed by atoms with Crippen LogP contribution in [0.4, 0.5) is 5.69 Å². The topological polar surface area (TPSA) is 118 Å². The van der Waals surface area contributed by atoms with Gasteiger partial charge in [-0.05, 0) is 0 Å². The largest absolute Gasteiger partial charge is 0.481 e. The molecule has 0 fully saturated rings. The fourth-order valence-electron chi connectivity index (χ4n) is 0.928. The maximum atomic E-state index is 10.5. The molecule has 0 aliphatic heterocycles. The molecule has 0 saturated carbocycles. The van der Waals surface area contributed by atoms with E-state index < -0.39 is 11.9 Å². The smallest absolute Gasteiger partial charge is 0.358 e. The Labute approximate surface area is 78.7 Å². The minimum atomic E-state index is -1.23. The fourth-order valence-corrected chi connectivity index (χ4v) is 0.928. The summed E-state index contributed by atoms with van der Waals surface area (Å²) in [5, 5.41) is 20.6. The summed E-state index contributed by atoms with van der Waals surface area (Å²) in [5.74, 6) is -2.20. The lowest BCUT2D eigenvalue weighted by molar-refractivity contribution is -0.137. The van der Waals surface area contributed by atoms with Crippen LogP contribution in [0.3, 0.4) is 0 Å². The van der Waals surface area contributed by atoms with Crippen molar-refractivity contribution < 1.29 is 19.8 Å². The Morgan fingerprint density at radius 1 is 1.50 bits per heavy atom. The van der Waals surface area contributed by atoms with Gasteiger partial charge >= 0.3 is 11.9 Å². The molecule has 1 rings (SSSR count). The van der Waals surface area contributed by atoms with Crippen molar-refractivity contribution in [2.45, 2.75) is 13.0 Å². The number of nitrogens with zero attached hydrogens (tertiary/aromatic N) is 2. The lowest BCUT2D eigenvalue weighted by Gasteiger charge is -1.95. The number of aromatic nitrogens is 2. The van der Waals surface area contributed by atoms with Gasteiger partial charge in [0.1, 0.15) is 0 Å². The molecule has 0 saturated heterocycles. The van der Waals surface area contributed by atoms with Crippen molar-refractivity contribution in [3.05, 3.63) is 11.9 Å². The standard InChI is InChI=1S/C7H9N3O4/c8-4-3-10(2-1-5(11)12)9-6(4)7(13)14/h3H,1-2,8H2,(H,11,12)(H,13,14). The molecule has 0 bridgehead atoms. The molecule has 0 atom stereocenters. The molecular weight excluding hydrogens is 190 g/mol. The number of rotatable bonds is 4. The van der Waals surface area contributed by atoms with Gasteiger partial charge in [-0.3, -0.25) is 9.48 Å². The van der Waals surface area contributed by atoms with Gasteiger partial charge in [0.05, 0.1) is 18.7 Å². The summed E-state index contributed by atoms with van der Waals surface area (Å²) >= 11 is 0. The van der Waals surface area contributed by atoms with Gasteiger partial charge in [-0.25, -0.2) is 4.79 Å². The monoisotopic (exact) mass is 199 g/mol. The average molecular weight is 199 g/mol. The molecule has 1 heterocycles. The molecule has 0 radical (unpaired) electrons. The Hall–Kier alpha value is -2.05. The second-order valence-corrected chi connectivity index (χ2v) is 2.65. The second-order valence-electron chi connectivity index (χ2n) is 2.65. The van der Waals surface area contributed by atoms with Crippen LogP contribution < -0.4 is 5.73 Å². The van der Waals surface area contributed by atoms with Gasteiger partial charge in [0.25, 0.3) is 0 Å². The molecule has 76 valence electrons. The number of aliphatic carboxylic acids is 1. The molecule has 14 heavy (non-hydrogen) atoms. The average Bonchev–Trinajstić information content (AvgIpc) is 2.43. The molecule has 1 aromatic rings. The van der Waals surface area contributed by atoms with Gasteiger partial charge in [-0.2, -0.15) is 5.10 Å². The zero-order valence-corrected chi connectivity index (χ0v) is 7.17. The zero-order valence-electron chi connectivity index (χ0n) is 7.17. The predicted molar refractivity (Wildman–Crippen MR) is 45.9 cm³/mol. The van der Waals surface area contributed by atoms with E-state index in [1.165, 1.54) is 10.9 Å². The highest BCUT2D eigenvalue weighted by atomic mass is 16.4. The number of aromatic carboxylic acids is 1. The Balaban J connectivity index is 2.76. The van der Waals surface area contributed by atoms with Crippen LogP contribution in [0, 0.1) is 0 Å². The van der Waals surface area contributed by atoms with Gasteiger partial charge in [0.15, 0.2) is 5.69 Å². The van der Waals surface area contributed by atoms with Crippen molar-refractivity contribution in [3.8, 4) is 0 Å². The van der Waals surface area contributed by atoms with E-state index in [9.17, 15) is 9.59 Å². The van der Waals surface area contributed by atoms with E-state index in [4.69, 9.17) is 15.9 Å². The normalized spacial score (nSPS) is 10.0. The lowest BCUT2D eigenvalue weighted by Crippen LogP contribution is -2.06. The first kappa shape index (κ1) is 10.0. The van der Waals surface area contributed by atoms with Crippen LogP contribution in [-0.2, 0) is 11.3 Å². The van der Waals surface area contributed by atoms with Crippen molar-refractivity contribution in [2.24, 2.45) is 0 Å². The number of anilines is 1. The highest BCUT2D eigenvalue weighted by Crippen LogP contribution is 2.08. The van der Waals surface area contributed by atoms with Crippen LogP contribution in [0.2, 0.25) is 0 Å². The summed E-state index contributed by atoms with van der Waals surface area (Å²) in [4.78, 5) is 20.7. The van der Waals surface area contributed by atoms with E-state index in [2.05, 4.69) is 5.10 Å². The van der Waals surface area contributed by atoms with E-state index in [0.29, 0.717) is 0 Å². The van der Waals surface area contributed by atoms with Gasteiger partial charge in [0, 0.05) is 6.20 Å². The Morgan fingerprint density at radius 3 is 2.57 bits per heavy atom. The van der Waals surface area contributed by atoms with Crippen LogP contribution in [0.5, 0.6) is 0 Å².